The van der Waals surface area contributed by atoms with Crippen LogP contribution in [-0.2, 0) is 33.4 Å². The standard InChI is InChI=1S/C36H34N2O7/c1-17-13-21-27(35(41)37(33(21)39)19-9-5-3-6-10-19)25-23(17)15-43-31-29(25)45-30-26-24(16-44-32(30)31)18(2)14-22-28(26)36(42)38(34(22)40)20-11-7-4-8-12-20/h3-12,21-22,25-32H,13-16H2,1-2H3/t21-,22+,25-,26+,27-,28+,29-,30+,31+,32-. The van der Waals surface area contributed by atoms with Crippen LogP contribution in [0.1, 0.15) is 26.7 Å². The van der Waals surface area contributed by atoms with E-state index < -0.39 is 48.1 Å². The summed E-state index contributed by atoms with van der Waals surface area (Å²) in [6, 6.07) is 18.2. The summed E-state index contributed by atoms with van der Waals surface area (Å²) in [5.74, 6) is -3.48. The first-order chi connectivity index (χ1) is 21.8. The molecule has 0 bridgehead atoms. The number of benzene rings is 2. The Morgan fingerprint density at radius 2 is 0.933 bits per heavy atom. The summed E-state index contributed by atoms with van der Waals surface area (Å²) in [6.07, 6.45) is -0.919. The molecule has 5 saturated heterocycles. The van der Waals surface area contributed by atoms with Gasteiger partial charge in [0.05, 0.1) is 60.5 Å². The lowest BCUT2D eigenvalue weighted by Gasteiger charge is -2.44. The van der Waals surface area contributed by atoms with E-state index in [1.807, 2.05) is 50.2 Å². The van der Waals surface area contributed by atoms with E-state index in [4.69, 9.17) is 14.2 Å². The largest absolute Gasteiger partial charge is 0.368 e. The van der Waals surface area contributed by atoms with Crippen molar-refractivity contribution in [3.05, 3.63) is 83.0 Å². The van der Waals surface area contributed by atoms with Crippen LogP contribution in [0.5, 0.6) is 0 Å². The normalized spacial score (nSPS) is 38.6. The third kappa shape index (κ3) is 3.66. The summed E-state index contributed by atoms with van der Waals surface area (Å²) in [4.78, 5) is 58.6. The number of nitrogens with zero attached hydrogens (tertiary/aromatic N) is 2. The Morgan fingerprint density at radius 3 is 1.33 bits per heavy atom. The van der Waals surface area contributed by atoms with Gasteiger partial charge in [0, 0.05) is 11.8 Å². The molecule has 9 heteroatoms. The highest BCUT2D eigenvalue weighted by atomic mass is 16.6. The molecule has 5 aliphatic heterocycles. The minimum Gasteiger partial charge on any atom is -0.368 e. The fourth-order valence-electron chi connectivity index (χ4n) is 9.61. The third-order valence-corrected chi connectivity index (χ3v) is 11.6. The molecule has 230 valence electrons. The van der Waals surface area contributed by atoms with Crippen LogP contribution >= 0.6 is 0 Å². The highest BCUT2D eigenvalue weighted by Crippen LogP contribution is 2.57. The average molecular weight is 607 g/mol. The lowest BCUT2D eigenvalue weighted by molar-refractivity contribution is -0.134. The Labute approximate surface area is 260 Å². The van der Waals surface area contributed by atoms with Crippen molar-refractivity contribution in [2.45, 2.75) is 51.1 Å². The van der Waals surface area contributed by atoms with E-state index in [1.165, 1.54) is 9.80 Å². The highest BCUT2D eigenvalue weighted by molar-refractivity contribution is 6.23. The van der Waals surface area contributed by atoms with Gasteiger partial charge in [-0.1, -0.05) is 47.5 Å². The number of amides is 4. The minimum atomic E-state index is -0.563. The molecule has 10 atom stereocenters. The second kappa shape index (κ2) is 9.79. The Kier molecular flexibility index (Phi) is 5.96. The fourth-order valence-corrected chi connectivity index (χ4v) is 9.61. The number of ether oxygens (including phenoxy) is 3. The first kappa shape index (κ1) is 27.4. The third-order valence-electron chi connectivity index (χ3n) is 11.6. The smallest absolute Gasteiger partial charge is 0.238 e. The zero-order chi connectivity index (χ0) is 30.7. The van der Waals surface area contributed by atoms with Crippen LogP contribution in [0.2, 0.25) is 0 Å². The van der Waals surface area contributed by atoms with Crippen molar-refractivity contribution in [1.29, 1.82) is 0 Å². The summed E-state index contributed by atoms with van der Waals surface area (Å²) in [6.45, 7) is 4.75. The Bertz CT molecular complexity index is 1590. The predicted octanol–water partition coefficient (Wildman–Crippen LogP) is 3.84. The molecule has 0 unspecified atom stereocenters. The van der Waals surface area contributed by atoms with Crippen LogP contribution in [0.25, 0.3) is 0 Å². The van der Waals surface area contributed by atoms with Crippen LogP contribution < -0.4 is 9.80 Å². The number of carbonyl (C=O) groups is 4. The van der Waals surface area contributed by atoms with E-state index in [-0.39, 0.29) is 35.5 Å². The Balaban J connectivity index is 1.09. The van der Waals surface area contributed by atoms with E-state index in [9.17, 15) is 19.2 Å². The SMILES string of the molecule is CC1=C2CO[C@H]3[C@H]4OCC5=C(C)C[C@H]6C(=O)N(c7ccccc7)C(=O)[C@H]6[C@@H]5[C@H]4O[C@H]3[C@@H]2[C@H]2C(=O)N(c3ccccc3)C(=O)[C@H]2C1. The second-order valence-electron chi connectivity index (χ2n) is 13.6. The van der Waals surface area contributed by atoms with Gasteiger partial charge in [0.1, 0.15) is 12.2 Å². The number of rotatable bonds is 2. The summed E-state index contributed by atoms with van der Waals surface area (Å²) in [5.41, 5.74) is 5.37. The molecule has 0 N–H and O–H groups in total. The average Bonchev–Trinajstić information content (AvgIpc) is 3.64. The lowest BCUT2D eigenvalue weighted by Crippen LogP contribution is -2.53. The molecule has 9 rings (SSSR count). The number of carbonyl (C=O) groups excluding carboxylic acids is 4. The Morgan fingerprint density at radius 1 is 0.533 bits per heavy atom. The molecule has 0 spiro atoms. The van der Waals surface area contributed by atoms with Gasteiger partial charge in [-0.25, -0.2) is 0 Å². The molecule has 5 fully saturated rings. The van der Waals surface area contributed by atoms with Crippen LogP contribution in [-0.4, -0.2) is 61.3 Å². The molecular formula is C36H34N2O7. The number of anilines is 2. The minimum absolute atomic E-state index is 0.170. The molecule has 4 amide bonds. The van der Waals surface area contributed by atoms with Gasteiger partial charge < -0.3 is 14.2 Å². The quantitative estimate of drug-likeness (QED) is 0.378. The summed E-state index contributed by atoms with van der Waals surface area (Å²) >= 11 is 0. The molecule has 0 radical (unpaired) electrons. The molecular weight excluding hydrogens is 572 g/mol. The number of imide groups is 2. The summed E-state index contributed by atoms with van der Waals surface area (Å²) in [5, 5.41) is 0. The van der Waals surface area contributed by atoms with E-state index >= 15 is 0 Å². The number of allylic oxidation sites excluding steroid dienone is 2. The van der Waals surface area contributed by atoms with Gasteiger partial charge >= 0.3 is 0 Å². The van der Waals surface area contributed by atoms with Gasteiger partial charge in [0.15, 0.2) is 0 Å². The molecule has 45 heavy (non-hydrogen) atoms. The Hall–Kier alpha value is -3.92. The number of hydrogen-bond donors (Lipinski definition) is 0. The number of fused-ring (bicyclic) bond motifs is 11. The van der Waals surface area contributed by atoms with E-state index in [0.29, 0.717) is 37.4 Å². The zero-order valence-corrected chi connectivity index (χ0v) is 25.1. The van der Waals surface area contributed by atoms with Crippen molar-refractivity contribution < 1.29 is 33.4 Å². The van der Waals surface area contributed by atoms with Gasteiger partial charge in [-0.3, -0.25) is 29.0 Å². The number of para-hydroxylation sites is 2. The maximum atomic E-state index is 14.1. The second-order valence-corrected chi connectivity index (χ2v) is 13.6. The van der Waals surface area contributed by atoms with E-state index in [1.54, 1.807) is 24.3 Å². The van der Waals surface area contributed by atoms with Gasteiger partial charge in [-0.15, -0.1) is 0 Å². The monoisotopic (exact) mass is 606 g/mol. The van der Waals surface area contributed by atoms with Crippen molar-refractivity contribution in [2.75, 3.05) is 23.0 Å². The number of hydrogen-bond acceptors (Lipinski definition) is 7. The molecule has 0 aromatic heterocycles. The van der Waals surface area contributed by atoms with E-state index in [0.717, 1.165) is 22.3 Å². The van der Waals surface area contributed by atoms with Crippen molar-refractivity contribution in [1.82, 2.24) is 0 Å². The molecule has 7 aliphatic rings. The van der Waals surface area contributed by atoms with Crippen molar-refractivity contribution in [2.24, 2.45) is 35.5 Å². The predicted molar refractivity (Wildman–Crippen MR) is 162 cm³/mol. The van der Waals surface area contributed by atoms with Crippen LogP contribution in [0.15, 0.2) is 83.0 Å². The topological polar surface area (TPSA) is 102 Å². The van der Waals surface area contributed by atoms with Gasteiger partial charge in [0.25, 0.3) is 0 Å². The van der Waals surface area contributed by atoms with Crippen molar-refractivity contribution in [3.63, 3.8) is 0 Å². The molecule has 0 saturated carbocycles. The van der Waals surface area contributed by atoms with Gasteiger partial charge in [-0.05, 0) is 62.1 Å². The summed E-state index contributed by atoms with van der Waals surface area (Å²) in [7, 11) is 0. The van der Waals surface area contributed by atoms with Gasteiger partial charge in [0.2, 0.25) is 23.6 Å². The van der Waals surface area contributed by atoms with Crippen molar-refractivity contribution >= 4 is 35.0 Å². The molecule has 9 nitrogen and oxygen atoms in total. The molecule has 2 aromatic carbocycles. The first-order valence-corrected chi connectivity index (χ1v) is 16.0. The zero-order valence-electron chi connectivity index (χ0n) is 25.1. The van der Waals surface area contributed by atoms with Crippen LogP contribution in [0.4, 0.5) is 11.4 Å². The fraction of sp³-hybridized carbons (Fsp3) is 0.444. The first-order valence-electron chi connectivity index (χ1n) is 16.0. The van der Waals surface area contributed by atoms with Crippen LogP contribution in [0, 0.1) is 35.5 Å². The highest BCUT2D eigenvalue weighted by Gasteiger charge is 2.66. The van der Waals surface area contributed by atoms with Crippen molar-refractivity contribution in [3.8, 4) is 0 Å². The lowest BCUT2D eigenvalue weighted by atomic mass is 9.65. The molecule has 2 aliphatic carbocycles. The van der Waals surface area contributed by atoms with Crippen LogP contribution in [0.3, 0.4) is 0 Å². The van der Waals surface area contributed by atoms with E-state index in [2.05, 4.69) is 0 Å². The van der Waals surface area contributed by atoms with Gasteiger partial charge in [-0.2, -0.15) is 0 Å². The maximum absolute atomic E-state index is 14.1. The molecule has 5 heterocycles. The molecule has 2 aromatic rings. The maximum Gasteiger partial charge on any atom is 0.238 e. The summed E-state index contributed by atoms with van der Waals surface area (Å²) < 4.78 is 20.0.